The highest BCUT2D eigenvalue weighted by molar-refractivity contribution is 5.96. The van der Waals surface area contributed by atoms with Crippen LogP contribution in [0.15, 0.2) is 41.0 Å². The molecule has 0 spiro atoms. The minimum atomic E-state index is -0.900. The summed E-state index contributed by atoms with van der Waals surface area (Å²) in [5.41, 5.74) is 1.99. The summed E-state index contributed by atoms with van der Waals surface area (Å²) in [7, 11) is 0. The topological polar surface area (TPSA) is 91.6 Å². The number of furan rings is 1. The second-order valence-electron chi connectivity index (χ2n) is 4.95. The number of amides is 2. The molecule has 1 atom stereocenters. The Labute approximate surface area is 128 Å². The zero-order chi connectivity index (χ0) is 16.1. The number of aliphatic hydroxyl groups is 1. The molecule has 3 N–H and O–H groups in total. The molecule has 0 aliphatic heterocycles. The van der Waals surface area contributed by atoms with Crippen molar-refractivity contribution in [2.24, 2.45) is 0 Å². The number of aliphatic hydroxyl groups excluding tert-OH is 1. The molecule has 6 heteroatoms. The fraction of sp³-hybridized carbons (Fsp3) is 0.250. The number of nitrogens with one attached hydrogen (secondary N) is 2. The fourth-order valence-corrected chi connectivity index (χ4v) is 2.08. The first-order chi connectivity index (χ1) is 10.5. The van der Waals surface area contributed by atoms with Gasteiger partial charge in [0.1, 0.15) is 11.9 Å². The molecule has 0 saturated carbocycles. The molecular weight excluding hydrogens is 284 g/mol. The zero-order valence-corrected chi connectivity index (χ0v) is 12.4. The van der Waals surface area contributed by atoms with Gasteiger partial charge >= 0.3 is 6.03 Å². The molecule has 2 aromatic rings. The molecule has 1 aromatic heterocycles. The minimum absolute atomic E-state index is 0.0185. The zero-order valence-electron chi connectivity index (χ0n) is 12.4. The van der Waals surface area contributed by atoms with Gasteiger partial charge in [0.05, 0.1) is 12.8 Å². The van der Waals surface area contributed by atoms with Gasteiger partial charge in [0.15, 0.2) is 5.78 Å². The Morgan fingerprint density at radius 1 is 1.32 bits per heavy atom. The Bertz CT molecular complexity index is 665. The van der Waals surface area contributed by atoms with Gasteiger partial charge in [-0.2, -0.15) is 0 Å². The first kappa shape index (κ1) is 15.8. The molecule has 2 amide bonds. The molecule has 0 fully saturated rings. The lowest BCUT2D eigenvalue weighted by atomic mass is 10.1. The normalized spacial score (nSPS) is 11.8. The number of carbonyl (C=O) groups excluding carboxylic acids is 2. The maximum atomic E-state index is 11.8. The molecule has 0 aliphatic rings. The summed E-state index contributed by atoms with van der Waals surface area (Å²) < 4.78 is 5.04. The van der Waals surface area contributed by atoms with Crippen LogP contribution < -0.4 is 10.6 Å². The van der Waals surface area contributed by atoms with E-state index in [-0.39, 0.29) is 12.3 Å². The lowest BCUT2D eigenvalue weighted by Crippen LogP contribution is -2.32. The van der Waals surface area contributed by atoms with Crippen LogP contribution in [-0.4, -0.2) is 23.5 Å². The van der Waals surface area contributed by atoms with Crippen molar-refractivity contribution in [1.82, 2.24) is 5.32 Å². The van der Waals surface area contributed by atoms with Crippen molar-refractivity contribution < 1.29 is 19.1 Å². The van der Waals surface area contributed by atoms with Gasteiger partial charge < -0.3 is 20.2 Å². The highest BCUT2D eigenvalue weighted by atomic mass is 16.4. The van der Waals surface area contributed by atoms with Gasteiger partial charge in [-0.1, -0.05) is 0 Å². The molecule has 0 aliphatic carbocycles. The predicted octanol–water partition coefficient (Wildman–Crippen LogP) is 2.65. The van der Waals surface area contributed by atoms with Gasteiger partial charge in [-0.3, -0.25) is 4.79 Å². The van der Waals surface area contributed by atoms with Gasteiger partial charge in [-0.25, -0.2) is 4.79 Å². The molecule has 2 rings (SSSR count). The third kappa shape index (κ3) is 3.95. The van der Waals surface area contributed by atoms with Crippen molar-refractivity contribution in [3.05, 3.63) is 53.5 Å². The van der Waals surface area contributed by atoms with Crippen LogP contribution in [0, 0.1) is 6.92 Å². The Kier molecular flexibility index (Phi) is 4.95. The molecule has 0 saturated heterocycles. The smallest absolute Gasteiger partial charge is 0.319 e. The third-order valence-electron chi connectivity index (χ3n) is 3.19. The van der Waals surface area contributed by atoms with E-state index in [9.17, 15) is 14.7 Å². The summed E-state index contributed by atoms with van der Waals surface area (Å²) in [6.07, 6.45) is 0.556. The van der Waals surface area contributed by atoms with Crippen LogP contribution in [0.4, 0.5) is 10.5 Å². The number of hydrogen-bond donors (Lipinski definition) is 3. The third-order valence-corrected chi connectivity index (χ3v) is 3.19. The largest absolute Gasteiger partial charge is 0.467 e. The van der Waals surface area contributed by atoms with E-state index in [4.69, 9.17) is 4.42 Å². The van der Waals surface area contributed by atoms with Crippen molar-refractivity contribution in [3.63, 3.8) is 0 Å². The van der Waals surface area contributed by atoms with Crippen molar-refractivity contribution >= 4 is 17.5 Å². The highest BCUT2D eigenvalue weighted by Gasteiger charge is 2.12. The van der Waals surface area contributed by atoms with Crippen molar-refractivity contribution in [1.29, 1.82) is 0 Å². The van der Waals surface area contributed by atoms with E-state index < -0.39 is 12.1 Å². The van der Waals surface area contributed by atoms with Crippen molar-refractivity contribution in [2.45, 2.75) is 20.0 Å². The number of hydrogen-bond acceptors (Lipinski definition) is 4. The summed E-state index contributed by atoms with van der Waals surface area (Å²) in [5, 5.41) is 15.0. The summed E-state index contributed by atoms with van der Waals surface area (Å²) in [4.78, 5) is 23.1. The Morgan fingerprint density at radius 2 is 2.09 bits per heavy atom. The molecule has 116 valence electrons. The quantitative estimate of drug-likeness (QED) is 0.740. The number of Topliss-reactive ketones (excluding diaryl/α,β-unsaturated/α-hetero) is 1. The standard InChI is InChI=1S/C16H18N2O4/c1-10-8-12(5-6-13(10)11(2)19)18-16(21)17-9-14(20)15-4-3-7-22-15/h3-8,14,20H,9H2,1-2H3,(H2,17,18,21). The van der Waals surface area contributed by atoms with Gasteiger partial charge in [-0.05, 0) is 49.7 Å². The van der Waals surface area contributed by atoms with E-state index in [1.54, 1.807) is 37.3 Å². The van der Waals surface area contributed by atoms with Crippen molar-refractivity contribution in [2.75, 3.05) is 11.9 Å². The molecule has 1 unspecified atom stereocenters. The summed E-state index contributed by atoms with van der Waals surface area (Å²) in [6.45, 7) is 3.34. The van der Waals surface area contributed by atoms with E-state index >= 15 is 0 Å². The van der Waals surface area contributed by atoms with Gasteiger partial charge in [0.2, 0.25) is 0 Å². The van der Waals surface area contributed by atoms with Crippen LogP contribution in [0.2, 0.25) is 0 Å². The van der Waals surface area contributed by atoms with Crippen LogP contribution in [0.25, 0.3) is 0 Å². The Balaban J connectivity index is 1.89. The van der Waals surface area contributed by atoms with Crippen molar-refractivity contribution in [3.8, 4) is 0 Å². The molecule has 1 heterocycles. The van der Waals surface area contributed by atoms with E-state index in [2.05, 4.69) is 10.6 Å². The summed E-state index contributed by atoms with van der Waals surface area (Å²) in [6, 6.07) is 7.91. The molecule has 6 nitrogen and oxygen atoms in total. The summed E-state index contributed by atoms with van der Waals surface area (Å²) in [5.74, 6) is 0.372. The molecule has 22 heavy (non-hydrogen) atoms. The van der Waals surface area contributed by atoms with E-state index in [0.717, 1.165) is 5.56 Å². The highest BCUT2D eigenvalue weighted by Crippen LogP contribution is 2.16. The average molecular weight is 302 g/mol. The predicted molar refractivity (Wildman–Crippen MR) is 81.9 cm³/mol. The number of anilines is 1. The maximum absolute atomic E-state index is 11.8. The second-order valence-corrected chi connectivity index (χ2v) is 4.95. The van der Waals surface area contributed by atoms with Crippen LogP contribution >= 0.6 is 0 Å². The van der Waals surface area contributed by atoms with E-state index in [1.165, 1.54) is 13.2 Å². The van der Waals surface area contributed by atoms with Gasteiger partial charge in [0, 0.05) is 11.3 Å². The number of rotatable bonds is 5. The Hall–Kier alpha value is -2.60. The minimum Gasteiger partial charge on any atom is -0.467 e. The second kappa shape index (κ2) is 6.91. The molecule has 0 bridgehead atoms. The first-order valence-electron chi connectivity index (χ1n) is 6.85. The first-order valence-corrected chi connectivity index (χ1v) is 6.85. The number of aryl methyl sites for hydroxylation is 1. The monoisotopic (exact) mass is 302 g/mol. The molecule has 1 aromatic carbocycles. The van der Waals surface area contributed by atoms with Crippen LogP contribution in [0.5, 0.6) is 0 Å². The lowest BCUT2D eigenvalue weighted by molar-refractivity contribution is 0.101. The number of carbonyl (C=O) groups is 2. The number of benzene rings is 1. The van der Waals surface area contributed by atoms with Gasteiger partial charge in [-0.15, -0.1) is 0 Å². The fourth-order valence-electron chi connectivity index (χ4n) is 2.08. The Morgan fingerprint density at radius 3 is 2.68 bits per heavy atom. The van der Waals surface area contributed by atoms with E-state index in [1.807, 2.05) is 0 Å². The maximum Gasteiger partial charge on any atom is 0.319 e. The van der Waals surface area contributed by atoms with Crippen LogP contribution in [0.3, 0.4) is 0 Å². The molecular formula is C16H18N2O4. The van der Waals surface area contributed by atoms with E-state index in [0.29, 0.717) is 17.0 Å². The van der Waals surface area contributed by atoms with Crippen LogP contribution in [-0.2, 0) is 0 Å². The molecule has 0 radical (unpaired) electrons. The number of ketones is 1. The van der Waals surface area contributed by atoms with Crippen LogP contribution in [0.1, 0.15) is 34.7 Å². The SMILES string of the molecule is CC(=O)c1ccc(NC(=O)NCC(O)c2ccco2)cc1C. The van der Waals surface area contributed by atoms with Gasteiger partial charge in [0.25, 0.3) is 0 Å². The number of urea groups is 1. The summed E-state index contributed by atoms with van der Waals surface area (Å²) >= 11 is 0. The average Bonchev–Trinajstić information content (AvgIpc) is 2.98. The lowest BCUT2D eigenvalue weighted by Gasteiger charge is -2.12.